The molecule has 0 radical (unpaired) electrons. The first-order chi connectivity index (χ1) is 12.5. The molecule has 132 valence electrons. The number of aryl methyl sites for hydroxylation is 2. The van der Waals surface area contributed by atoms with Gasteiger partial charge in [-0.2, -0.15) is 5.10 Å². The lowest BCUT2D eigenvalue weighted by Crippen LogP contribution is -2.17. The number of carbonyl (C=O) groups excluding carboxylic acids is 1. The fourth-order valence-corrected chi connectivity index (χ4v) is 3.56. The topological polar surface area (TPSA) is 46.4 Å². The number of halogens is 1. The monoisotopic (exact) mass is 457 g/mol. The Morgan fingerprint density at radius 1 is 1.08 bits per heavy atom. The molecule has 2 aromatic carbocycles. The predicted molar refractivity (Wildman–Crippen MR) is 114 cm³/mol. The Morgan fingerprint density at radius 3 is 2.58 bits per heavy atom. The average molecular weight is 457 g/mol. The summed E-state index contributed by atoms with van der Waals surface area (Å²) >= 11 is 2.34. The summed E-state index contributed by atoms with van der Waals surface area (Å²) in [6.45, 7) is 6.08. The van der Waals surface area contributed by atoms with Gasteiger partial charge in [0.2, 0.25) is 0 Å². The zero-order valence-electron chi connectivity index (χ0n) is 15.0. The van der Waals surface area contributed by atoms with Crippen molar-refractivity contribution in [1.82, 2.24) is 9.99 Å². The molecule has 0 aliphatic rings. The second kappa shape index (κ2) is 7.86. The van der Waals surface area contributed by atoms with Crippen molar-refractivity contribution in [3.05, 3.63) is 86.2 Å². The number of hydrogen-bond donors (Lipinski definition) is 1. The van der Waals surface area contributed by atoms with Gasteiger partial charge in [0.15, 0.2) is 0 Å². The summed E-state index contributed by atoms with van der Waals surface area (Å²) in [6.07, 6.45) is 1.70. The van der Waals surface area contributed by atoms with Crippen LogP contribution in [0.25, 0.3) is 5.69 Å². The van der Waals surface area contributed by atoms with E-state index < -0.39 is 0 Å². The largest absolute Gasteiger partial charge is 0.317 e. The number of aromatic nitrogens is 1. The fraction of sp³-hybridized carbons (Fsp3) is 0.143. The Kier molecular flexibility index (Phi) is 5.56. The van der Waals surface area contributed by atoms with Gasteiger partial charge in [0.05, 0.1) is 11.9 Å². The van der Waals surface area contributed by atoms with E-state index in [0.29, 0.717) is 5.56 Å². The van der Waals surface area contributed by atoms with Gasteiger partial charge in [-0.05, 0) is 73.7 Å². The third kappa shape index (κ3) is 3.88. The van der Waals surface area contributed by atoms with E-state index in [1.807, 2.05) is 37.3 Å². The van der Waals surface area contributed by atoms with E-state index in [1.54, 1.807) is 12.3 Å². The van der Waals surface area contributed by atoms with Gasteiger partial charge in [0.25, 0.3) is 5.91 Å². The molecular formula is C21H20IN3O. The first-order valence-corrected chi connectivity index (χ1v) is 9.39. The summed E-state index contributed by atoms with van der Waals surface area (Å²) in [5, 5.41) is 4.14. The minimum absolute atomic E-state index is 0.212. The van der Waals surface area contributed by atoms with E-state index in [9.17, 15) is 4.79 Å². The van der Waals surface area contributed by atoms with E-state index in [4.69, 9.17) is 0 Å². The average Bonchev–Trinajstić information content (AvgIpc) is 2.89. The standard InChI is InChI=1S/C21H20IN3O/c1-14-7-6-8-17(11-14)21(26)24-23-13-18-12-15(2)25(16(18)3)20-10-5-4-9-19(20)22/h4-13H,1-3H3,(H,24,26)/b23-13-. The highest BCUT2D eigenvalue weighted by Gasteiger charge is 2.11. The van der Waals surface area contributed by atoms with Gasteiger partial charge < -0.3 is 4.57 Å². The smallest absolute Gasteiger partial charge is 0.271 e. The van der Waals surface area contributed by atoms with Crippen LogP contribution in [0.3, 0.4) is 0 Å². The van der Waals surface area contributed by atoms with Crippen LogP contribution in [-0.2, 0) is 0 Å². The molecule has 0 atom stereocenters. The van der Waals surface area contributed by atoms with Crippen LogP contribution in [0.15, 0.2) is 59.7 Å². The predicted octanol–water partition coefficient (Wildman–Crippen LogP) is 4.77. The SMILES string of the molecule is Cc1cccc(C(=O)N/N=C\c2cc(C)n(-c3ccccc3I)c2C)c1. The van der Waals surface area contributed by atoms with E-state index >= 15 is 0 Å². The molecule has 0 unspecified atom stereocenters. The van der Waals surface area contributed by atoms with Crippen LogP contribution in [0.2, 0.25) is 0 Å². The quantitative estimate of drug-likeness (QED) is 0.343. The highest BCUT2D eigenvalue weighted by atomic mass is 127. The Hall–Kier alpha value is -2.41. The first-order valence-electron chi connectivity index (χ1n) is 8.31. The summed E-state index contributed by atoms with van der Waals surface area (Å²) in [7, 11) is 0. The van der Waals surface area contributed by atoms with Gasteiger partial charge >= 0.3 is 0 Å². The Bertz CT molecular complexity index is 989. The van der Waals surface area contributed by atoms with Crippen LogP contribution in [0.5, 0.6) is 0 Å². The molecule has 0 fully saturated rings. The molecule has 1 N–H and O–H groups in total. The number of hydrogen-bond acceptors (Lipinski definition) is 2. The second-order valence-electron chi connectivity index (χ2n) is 6.18. The second-order valence-corrected chi connectivity index (χ2v) is 7.34. The molecule has 1 heterocycles. The molecule has 3 rings (SSSR count). The molecule has 0 bridgehead atoms. The normalized spacial score (nSPS) is 11.1. The number of benzene rings is 2. The van der Waals surface area contributed by atoms with E-state index in [2.05, 4.69) is 69.7 Å². The summed E-state index contributed by atoms with van der Waals surface area (Å²) < 4.78 is 3.38. The van der Waals surface area contributed by atoms with Gasteiger partial charge in [-0.15, -0.1) is 0 Å². The van der Waals surface area contributed by atoms with Crippen molar-refractivity contribution < 1.29 is 4.79 Å². The van der Waals surface area contributed by atoms with Crippen molar-refractivity contribution >= 4 is 34.7 Å². The molecule has 26 heavy (non-hydrogen) atoms. The number of amides is 1. The summed E-state index contributed by atoms with van der Waals surface area (Å²) in [5.41, 5.74) is 8.58. The van der Waals surface area contributed by atoms with E-state index in [-0.39, 0.29) is 5.91 Å². The molecule has 3 aromatic rings. The molecule has 4 nitrogen and oxygen atoms in total. The van der Waals surface area contributed by atoms with Crippen LogP contribution in [0, 0.1) is 24.3 Å². The van der Waals surface area contributed by atoms with Crippen LogP contribution in [-0.4, -0.2) is 16.7 Å². The molecule has 0 aliphatic carbocycles. The van der Waals surface area contributed by atoms with Gasteiger partial charge in [-0.3, -0.25) is 4.79 Å². The molecule has 1 amide bonds. The number of para-hydroxylation sites is 1. The van der Waals surface area contributed by atoms with Gasteiger partial charge in [-0.25, -0.2) is 5.43 Å². The number of nitrogens with one attached hydrogen (secondary N) is 1. The summed E-state index contributed by atoms with van der Waals surface area (Å²) in [6, 6.07) is 17.8. The van der Waals surface area contributed by atoms with Crippen molar-refractivity contribution in [2.45, 2.75) is 20.8 Å². The van der Waals surface area contributed by atoms with Crippen molar-refractivity contribution in [3.63, 3.8) is 0 Å². The minimum Gasteiger partial charge on any atom is -0.317 e. The lowest BCUT2D eigenvalue weighted by Gasteiger charge is -2.11. The van der Waals surface area contributed by atoms with E-state index in [1.165, 1.54) is 3.57 Å². The maximum atomic E-state index is 12.2. The van der Waals surface area contributed by atoms with Crippen molar-refractivity contribution in [2.75, 3.05) is 0 Å². The van der Waals surface area contributed by atoms with Crippen LogP contribution < -0.4 is 5.43 Å². The maximum absolute atomic E-state index is 12.2. The summed E-state index contributed by atoms with van der Waals surface area (Å²) in [5.74, 6) is -0.212. The maximum Gasteiger partial charge on any atom is 0.271 e. The molecule has 0 spiro atoms. The number of hydrazone groups is 1. The van der Waals surface area contributed by atoms with Crippen molar-refractivity contribution in [2.24, 2.45) is 5.10 Å². The third-order valence-corrected chi connectivity index (χ3v) is 5.13. The van der Waals surface area contributed by atoms with Crippen LogP contribution in [0.4, 0.5) is 0 Å². The number of carbonyl (C=O) groups is 1. The van der Waals surface area contributed by atoms with Crippen LogP contribution >= 0.6 is 22.6 Å². The minimum atomic E-state index is -0.212. The van der Waals surface area contributed by atoms with E-state index in [0.717, 1.165) is 28.2 Å². The number of nitrogens with zero attached hydrogens (tertiary/aromatic N) is 2. The Balaban J connectivity index is 1.81. The Morgan fingerprint density at radius 2 is 1.85 bits per heavy atom. The van der Waals surface area contributed by atoms with Gasteiger partial charge in [-0.1, -0.05) is 29.8 Å². The zero-order chi connectivity index (χ0) is 18.7. The van der Waals surface area contributed by atoms with Crippen LogP contribution in [0.1, 0.15) is 32.9 Å². The van der Waals surface area contributed by atoms with Gasteiger partial charge in [0, 0.05) is 26.1 Å². The highest BCUT2D eigenvalue weighted by molar-refractivity contribution is 14.1. The zero-order valence-corrected chi connectivity index (χ0v) is 17.1. The third-order valence-electron chi connectivity index (χ3n) is 4.21. The molecular weight excluding hydrogens is 437 g/mol. The molecule has 5 heteroatoms. The Labute approximate surface area is 167 Å². The molecule has 0 saturated heterocycles. The molecule has 0 saturated carbocycles. The summed E-state index contributed by atoms with van der Waals surface area (Å²) in [4.78, 5) is 12.2. The van der Waals surface area contributed by atoms with Crippen molar-refractivity contribution in [3.8, 4) is 5.69 Å². The highest BCUT2D eigenvalue weighted by Crippen LogP contribution is 2.23. The lowest BCUT2D eigenvalue weighted by molar-refractivity contribution is 0.0955. The van der Waals surface area contributed by atoms with Crippen molar-refractivity contribution in [1.29, 1.82) is 0 Å². The number of rotatable bonds is 4. The first kappa shape index (κ1) is 18.4. The molecule has 1 aromatic heterocycles. The van der Waals surface area contributed by atoms with Gasteiger partial charge in [0.1, 0.15) is 0 Å². The lowest BCUT2D eigenvalue weighted by atomic mass is 10.1. The fourth-order valence-electron chi connectivity index (χ4n) is 2.93. The molecule has 0 aliphatic heterocycles.